The topological polar surface area (TPSA) is 3.24 Å². The van der Waals surface area contributed by atoms with Crippen molar-refractivity contribution in [2.24, 2.45) is 11.8 Å². The Labute approximate surface area is 90.1 Å². The quantitative estimate of drug-likeness (QED) is 0.514. The summed E-state index contributed by atoms with van der Waals surface area (Å²) in [6.45, 7) is 7.63. The molecule has 0 aromatic heterocycles. The summed E-state index contributed by atoms with van der Waals surface area (Å²) in [4.78, 5) is 1.73. The van der Waals surface area contributed by atoms with E-state index in [1.165, 1.54) is 6.92 Å². The van der Waals surface area contributed by atoms with Gasteiger partial charge in [0.1, 0.15) is 0 Å². The molecule has 1 unspecified atom stereocenters. The second kappa shape index (κ2) is 4.32. The van der Waals surface area contributed by atoms with E-state index in [9.17, 15) is 8.78 Å². The third kappa shape index (κ3) is 2.79. The first-order chi connectivity index (χ1) is 6.86. The van der Waals surface area contributed by atoms with E-state index in [2.05, 4.69) is 12.5 Å². The molecule has 0 aromatic carbocycles. The van der Waals surface area contributed by atoms with E-state index >= 15 is 0 Å². The van der Waals surface area contributed by atoms with Crippen LogP contribution in [0.5, 0.6) is 0 Å². The van der Waals surface area contributed by atoms with Gasteiger partial charge >= 0.3 is 0 Å². The summed E-state index contributed by atoms with van der Waals surface area (Å²) in [6, 6.07) is 0. The van der Waals surface area contributed by atoms with Crippen LogP contribution in [0.4, 0.5) is 8.78 Å². The number of terminal acetylenes is 1. The summed E-state index contributed by atoms with van der Waals surface area (Å²) in [5, 5.41) is 0. The Bertz CT molecular complexity index is 290. The van der Waals surface area contributed by atoms with Crippen LogP contribution in [0.2, 0.25) is 0 Å². The average molecular weight is 213 g/mol. The monoisotopic (exact) mass is 213 g/mol. The van der Waals surface area contributed by atoms with Crippen molar-refractivity contribution in [3.05, 3.63) is 12.2 Å². The molecule has 0 saturated carbocycles. The number of hydrogen-bond donors (Lipinski definition) is 0. The van der Waals surface area contributed by atoms with E-state index in [0.717, 1.165) is 0 Å². The third-order valence-electron chi connectivity index (χ3n) is 2.95. The lowest BCUT2D eigenvalue weighted by Gasteiger charge is -2.23. The van der Waals surface area contributed by atoms with Gasteiger partial charge < -0.3 is 0 Å². The molecule has 0 radical (unpaired) electrons. The highest BCUT2D eigenvalue weighted by Crippen LogP contribution is 2.28. The SMILES string of the molecule is C#CC1CN(CC(F)(F)C(=C)C)C[C@H]1C. The van der Waals surface area contributed by atoms with Crippen LogP contribution in [-0.4, -0.2) is 30.5 Å². The highest BCUT2D eigenvalue weighted by Gasteiger charge is 2.37. The van der Waals surface area contributed by atoms with Crippen LogP contribution in [0.15, 0.2) is 12.2 Å². The van der Waals surface area contributed by atoms with Gasteiger partial charge in [-0.25, -0.2) is 8.78 Å². The molecule has 0 aromatic rings. The Morgan fingerprint density at radius 2 is 2.20 bits per heavy atom. The minimum atomic E-state index is -2.80. The molecule has 1 fully saturated rings. The van der Waals surface area contributed by atoms with Crippen LogP contribution in [0.1, 0.15) is 13.8 Å². The fraction of sp³-hybridized carbons (Fsp3) is 0.667. The maximum absolute atomic E-state index is 13.4. The number of hydrogen-bond acceptors (Lipinski definition) is 1. The molecule has 1 aliphatic rings. The van der Waals surface area contributed by atoms with Crippen molar-refractivity contribution in [3.8, 4) is 12.3 Å². The molecule has 0 aliphatic carbocycles. The molecule has 84 valence electrons. The highest BCUT2D eigenvalue weighted by molar-refractivity contribution is 5.07. The zero-order valence-corrected chi connectivity index (χ0v) is 9.26. The molecular formula is C12H17F2N. The molecule has 3 heteroatoms. The molecule has 0 amide bonds. The van der Waals surface area contributed by atoms with Crippen molar-refractivity contribution >= 4 is 0 Å². The zero-order chi connectivity index (χ0) is 11.6. The van der Waals surface area contributed by atoms with Gasteiger partial charge in [-0.2, -0.15) is 0 Å². The molecule has 0 spiro atoms. The van der Waals surface area contributed by atoms with E-state index in [-0.39, 0.29) is 18.0 Å². The summed E-state index contributed by atoms with van der Waals surface area (Å²) < 4.78 is 26.7. The number of nitrogens with zero attached hydrogens (tertiary/aromatic N) is 1. The Morgan fingerprint density at radius 3 is 2.60 bits per heavy atom. The van der Waals surface area contributed by atoms with Crippen LogP contribution in [0, 0.1) is 24.2 Å². The standard InChI is InChI=1S/C12H17F2N/c1-5-11-7-15(6-10(11)4)8-12(13,14)9(2)3/h1,10-11H,2,6-8H2,3-4H3/t10-,11?/m1/s1. The second-order valence-electron chi connectivity index (χ2n) is 4.43. The predicted molar refractivity (Wildman–Crippen MR) is 57.7 cm³/mol. The molecular weight excluding hydrogens is 196 g/mol. The van der Waals surface area contributed by atoms with Crippen LogP contribution < -0.4 is 0 Å². The molecule has 1 nitrogen and oxygen atoms in total. The lowest BCUT2D eigenvalue weighted by Crippen LogP contribution is -2.36. The molecule has 1 saturated heterocycles. The fourth-order valence-corrected chi connectivity index (χ4v) is 1.83. The fourth-order valence-electron chi connectivity index (χ4n) is 1.83. The van der Waals surface area contributed by atoms with Gasteiger partial charge in [0, 0.05) is 19.0 Å². The van der Waals surface area contributed by atoms with E-state index < -0.39 is 5.92 Å². The van der Waals surface area contributed by atoms with Gasteiger partial charge in [-0.1, -0.05) is 13.5 Å². The van der Waals surface area contributed by atoms with Gasteiger partial charge in [0.2, 0.25) is 0 Å². The van der Waals surface area contributed by atoms with E-state index in [1.54, 1.807) is 4.90 Å². The van der Waals surface area contributed by atoms with Crippen LogP contribution >= 0.6 is 0 Å². The van der Waals surface area contributed by atoms with E-state index in [0.29, 0.717) is 19.0 Å². The van der Waals surface area contributed by atoms with Crippen LogP contribution in [-0.2, 0) is 0 Å². The van der Waals surface area contributed by atoms with Gasteiger partial charge in [-0.3, -0.25) is 4.90 Å². The van der Waals surface area contributed by atoms with Crippen molar-refractivity contribution in [2.75, 3.05) is 19.6 Å². The van der Waals surface area contributed by atoms with Gasteiger partial charge in [0.25, 0.3) is 5.92 Å². The first-order valence-electron chi connectivity index (χ1n) is 5.09. The Kier molecular flexibility index (Phi) is 3.51. The Hall–Kier alpha value is -0.880. The minimum absolute atomic E-state index is 0.0840. The van der Waals surface area contributed by atoms with Crippen molar-refractivity contribution in [1.82, 2.24) is 4.90 Å². The van der Waals surface area contributed by atoms with E-state index in [4.69, 9.17) is 6.42 Å². The lowest BCUT2D eigenvalue weighted by atomic mass is 10.00. The third-order valence-corrected chi connectivity index (χ3v) is 2.95. The number of halogens is 2. The second-order valence-corrected chi connectivity index (χ2v) is 4.43. The molecule has 2 atom stereocenters. The average Bonchev–Trinajstić information content (AvgIpc) is 2.44. The maximum atomic E-state index is 13.4. The van der Waals surface area contributed by atoms with Crippen molar-refractivity contribution < 1.29 is 8.78 Å². The summed E-state index contributed by atoms with van der Waals surface area (Å²) >= 11 is 0. The normalized spacial score (nSPS) is 27.7. The van der Waals surface area contributed by atoms with Gasteiger partial charge in [-0.05, 0) is 18.4 Å². The number of rotatable bonds is 3. The lowest BCUT2D eigenvalue weighted by molar-refractivity contribution is 0.00820. The predicted octanol–water partition coefficient (Wildman–Crippen LogP) is 2.40. The first kappa shape index (κ1) is 12.2. The Morgan fingerprint density at radius 1 is 1.60 bits per heavy atom. The van der Waals surface area contributed by atoms with Crippen molar-refractivity contribution in [1.29, 1.82) is 0 Å². The summed E-state index contributed by atoms with van der Waals surface area (Å²) in [5.74, 6) is 0.252. The maximum Gasteiger partial charge on any atom is 0.281 e. The molecule has 1 heterocycles. The van der Waals surface area contributed by atoms with Crippen molar-refractivity contribution in [2.45, 2.75) is 19.8 Å². The largest absolute Gasteiger partial charge is 0.296 e. The Balaban J connectivity index is 2.56. The molecule has 0 bridgehead atoms. The zero-order valence-electron chi connectivity index (χ0n) is 9.26. The van der Waals surface area contributed by atoms with Crippen molar-refractivity contribution in [3.63, 3.8) is 0 Å². The van der Waals surface area contributed by atoms with Gasteiger partial charge in [-0.15, -0.1) is 12.3 Å². The summed E-state index contributed by atoms with van der Waals surface area (Å²) in [6.07, 6.45) is 5.33. The van der Waals surface area contributed by atoms with Gasteiger partial charge in [0.15, 0.2) is 0 Å². The van der Waals surface area contributed by atoms with Gasteiger partial charge in [0.05, 0.1) is 6.54 Å². The number of likely N-dealkylation sites (tertiary alicyclic amines) is 1. The molecule has 1 aliphatic heterocycles. The number of alkyl halides is 2. The molecule has 0 N–H and O–H groups in total. The molecule has 15 heavy (non-hydrogen) atoms. The smallest absolute Gasteiger partial charge is 0.281 e. The molecule has 1 rings (SSSR count). The van der Waals surface area contributed by atoms with Crippen LogP contribution in [0.3, 0.4) is 0 Å². The van der Waals surface area contributed by atoms with Crippen LogP contribution in [0.25, 0.3) is 0 Å². The highest BCUT2D eigenvalue weighted by atomic mass is 19.3. The minimum Gasteiger partial charge on any atom is -0.296 e. The van der Waals surface area contributed by atoms with E-state index in [1.807, 2.05) is 6.92 Å². The first-order valence-corrected chi connectivity index (χ1v) is 5.09. The summed E-state index contributed by atoms with van der Waals surface area (Å²) in [7, 11) is 0. The summed E-state index contributed by atoms with van der Waals surface area (Å²) in [5.41, 5.74) is -0.0840.